The number of rotatable bonds is 6. The van der Waals surface area contributed by atoms with E-state index >= 15 is 0 Å². The first-order valence-electron chi connectivity index (χ1n) is 7.40. The topological polar surface area (TPSA) is 6.48 Å². The van der Waals surface area contributed by atoms with Gasteiger partial charge in [-0.25, -0.2) is 0 Å². The quantitative estimate of drug-likeness (QED) is 0.529. The van der Waals surface area contributed by atoms with Crippen LogP contribution < -0.4 is 0 Å². The van der Waals surface area contributed by atoms with E-state index in [9.17, 15) is 0 Å². The monoisotopic (exact) mass is 252 g/mol. The highest BCUT2D eigenvalue weighted by atomic mass is 28.3. The average molecular weight is 252 g/mol. The highest BCUT2D eigenvalue weighted by Crippen LogP contribution is 2.23. The summed E-state index contributed by atoms with van der Waals surface area (Å²) >= 11 is 0. The molecule has 0 amide bonds. The van der Waals surface area contributed by atoms with Crippen LogP contribution in [0.2, 0.25) is 18.6 Å². The van der Waals surface area contributed by atoms with Gasteiger partial charge in [-0.15, -0.1) is 6.58 Å². The van der Waals surface area contributed by atoms with Gasteiger partial charge in [-0.05, 0) is 64.0 Å². The summed E-state index contributed by atoms with van der Waals surface area (Å²) in [4.78, 5) is 5.52. The van der Waals surface area contributed by atoms with Crippen molar-refractivity contribution < 1.29 is 0 Å². The maximum absolute atomic E-state index is 3.91. The van der Waals surface area contributed by atoms with Gasteiger partial charge >= 0.3 is 0 Å². The fourth-order valence-electron chi connectivity index (χ4n) is 3.35. The Morgan fingerprint density at radius 1 is 1.06 bits per heavy atom. The van der Waals surface area contributed by atoms with Gasteiger partial charge in [-0.3, -0.25) is 9.80 Å². The lowest BCUT2D eigenvalue weighted by Crippen LogP contribution is -2.47. The molecule has 0 saturated carbocycles. The summed E-state index contributed by atoms with van der Waals surface area (Å²) in [6.07, 6.45) is 8.59. The van der Waals surface area contributed by atoms with Gasteiger partial charge in [-0.2, -0.15) is 0 Å². The van der Waals surface area contributed by atoms with Crippen molar-refractivity contribution >= 4 is 8.80 Å². The van der Waals surface area contributed by atoms with E-state index in [0.29, 0.717) is 0 Å². The summed E-state index contributed by atoms with van der Waals surface area (Å²) in [6, 6.07) is 2.77. The predicted octanol–water partition coefficient (Wildman–Crippen LogP) is 2.55. The second-order valence-electron chi connectivity index (χ2n) is 5.83. The van der Waals surface area contributed by atoms with Crippen LogP contribution in [-0.4, -0.2) is 50.9 Å². The average Bonchev–Trinajstić information content (AvgIpc) is 3.00. The Labute approximate surface area is 108 Å². The largest absolute Gasteiger partial charge is 0.288 e. The van der Waals surface area contributed by atoms with E-state index in [2.05, 4.69) is 29.0 Å². The van der Waals surface area contributed by atoms with Crippen LogP contribution in [0.5, 0.6) is 0 Å². The van der Waals surface area contributed by atoms with Gasteiger partial charge in [0.1, 0.15) is 0 Å². The van der Waals surface area contributed by atoms with E-state index in [0.717, 1.165) is 6.17 Å². The van der Waals surface area contributed by atoms with Crippen molar-refractivity contribution in [1.29, 1.82) is 0 Å². The van der Waals surface area contributed by atoms with E-state index in [1.54, 1.807) is 0 Å². The van der Waals surface area contributed by atoms with Gasteiger partial charge in [0, 0.05) is 8.80 Å². The maximum Gasteiger partial charge on any atom is 0.0595 e. The van der Waals surface area contributed by atoms with E-state index in [4.69, 9.17) is 0 Å². The first-order chi connectivity index (χ1) is 8.31. The van der Waals surface area contributed by atoms with Gasteiger partial charge in [0.15, 0.2) is 0 Å². The molecule has 2 aliphatic heterocycles. The van der Waals surface area contributed by atoms with Crippen LogP contribution in [0.25, 0.3) is 0 Å². The Hall–Kier alpha value is -0.123. The van der Waals surface area contributed by atoms with Crippen molar-refractivity contribution in [2.45, 2.75) is 50.5 Å². The number of likely N-dealkylation sites (tertiary alicyclic amines) is 2. The van der Waals surface area contributed by atoms with E-state index in [-0.39, 0.29) is 0 Å². The van der Waals surface area contributed by atoms with Gasteiger partial charge in [0.25, 0.3) is 0 Å². The third-order valence-electron chi connectivity index (χ3n) is 4.31. The van der Waals surface area contributed by atoms with Crippen LogP contribution in [-0.2, 0) is 0 Å². The molecule has 98 valence electrons. The molecule has 0 N–H and O–H groups in total. The number of allylic oxidation sites excluding steroid dienone is 1. The Morgan fingerprint density at radius 3 is 1.94 bits per heavy atom. The van der Waals surface area contributed by atoms with Crippen LogP contribution in [0.3, 0.4) is 0 Å². The molecular weight excluding hydrogens is 224 g/mol. The lowest BCUT2D eigenvalue weighted by Gasteiger charge is -2.36. The van der Waals surface area contributed by atoms with Gasteiger partial charge in [-0.1, -0.05) is 12.6 Å². The molecular formula is C14H28N2Si. The van der Waals surface area contributed by atoms with Crippen molar-refractivity contribution in [2.24, 2.45) is 0 Å². The summed E-state index contributed by atoms with van der Waals surface area (Å²) in [6.45, 7) is 11.8. The molecule has 2 fully saturated rings. The molecule has 1 atom stereocenters. The second-order valence-corrected chi connectivity index (χ2v) is 8.99. The lowest BCUT2D eigenvalue weighted by atomic mass is 10.4. The minimum atomic E-state index is -0.574. The van der Waals surface area contributed by atoms with Crippen LogP contribution in [0, 0.1) is 0 Å². The predicted molar refractivity (Wildman–Crippen MR) is 78.2 cm³/mol. The molecule has 2 aliphatic rings. The fourth-order valence-corrected chi connectivity index (χ4v) is 5.43. The normalized spacial score (nSPS) is 24.6. The third-order valence-corrected chi connectivity index (χ3v) is 6.67. The molecule has 0 aliphatic carbocycles. The lowest BCUT2D eigenvalue weighted by molar-refractivity contribution is 0.0943. The smallest absolute Gasteiger partial charge is 0.0595 e. The van der Waals surface area contributed by atoms with E-state index in [1.165, 1.54) is 64.0 Å². The summed E-state index contributed by atoms with van der Waals surface area (Å²) in [7, 11) is -0.574. The van der Waals surface area contributed by atoms with Crippen molar-refractivity contribution in [3.8, 4) is 0 Å². The van der Waals surface area contributed by atoms with Crippen molar-refractivity contribution in [1.82, 2.24) is 9.80 Å². The molecule has 0 aromatic heterocycles. The number of hydrogen-bond donors (Lipinski definition) is 0. The van der Waals surface area contributed by atoms with Crippen molar-refractivity contribution in [3.63, 3.8) is 0 Å². The van der Waals surface area contributed by atoms with Crippen LogP contribution in [0.15, 0.2) is 12.7 Å². The Bertz CT molecular complexity index is 216. The summed E-state index contributed by atoms with van der Waals surface area (Å²) < 4.78 is 0. The Morgan fingerprint density at radius 2 is 1.53 bits per heavy atom. The number of hydrogen-bond acceptors (Lipinski definition) is 2. The molecule has 0 radical (unpaired) electrons. The molecule has 0 spiro atoms. The molecule has 3 heteroatoms. The second kappa shape index (κ2) is 6.71. The molecule has 0 aromatic rings. The first-order valence-corrected chi connectivity index (χ1v) is 10.2. The molecule has 2 rings (SSSR count). The molecule has 0 aromatic carbocycles. The molecule has 2 nitrogen and oxygen atoms in total. The summed E-state index contributed by atoms with van der Waals surface area (Å²) in [5.41, 5.74) is 0. The van der Waals surface area contributed by atoms with Crippen molar-refractivity contribution in [2.75, 3.05) is 26.2 Å². The first kappa shape index (κ1) is 13.3. The Balaban J connectivity index is 1.92. The minimum absolute atomic E-state index is 0.574. The van der Waals surface area contributed by atoms with Crippen molar-refractivity contribution in [3.05, 3.63) is 12.7 Å². The SMILES string of the molecule is C=CC[SiH](C)CC(N1CCCC1)N1CCCC1. The van der Waals surface area contributed by atoms with E-state index in [1.807, 2.05) is 0 Å². The standard InChI is InChI=1S/C14H28N2Si/c1-3-12-17(2)13-14(15-8-4-5-9-15)16-10-6-7-11-16/h3,14,17H,1,4-13H2,2H3. The molecule has 2 saturated heterocycles. The maximum atomic E-state index is 3.91. The molecule has 17 heavy (non-hydrogen) atoms. The van der Waals surface area contributed by atoms with Gasteiger partial charge in [0.05, 0.1) is 6.17 Å². The van der Waals surface area contributed by atoms with Crippen LogP contribution in [0.1, 0.15) is 25.7 Å². The zero-order valence-electron chi connectivity index (χ0n) is 11.4. The van der Waals surface area contributed by atoms with Crippen LogP contribution in [0.4, 0.5) is 0 Å². The molecule has 2 heterocycles. The van der Waals surface area contributed by atoms with Gasteiger partial charge in [0.2, 0.25) is 0 Å². The zero-order valence-corrected chi connectivity index (χ0v) is 12.6. The summed E-state index contributed by atoms with van der Waals surface area (Å²) in [5, 5.41) is 0. The van der Waals surface area contributed by atoms with E-state index < -0.39 is 8.80 Å². The number of nitrogens with zero attached hydrogens (tertiary/aromatic N) is 2. The highest BCUT2D eigenvalue weighted by Gasteiger charge is 2.30. The minimum Gasteiger partial charge on any atom is -0.288 e. The Kier molecular flexibility index (Phi) is 5.26. The zero-order chi connectivity index (χ0) is 12.1. The molecule has 1 unspecified atom stereocenters. The summed E-state index contributed by atoms with van der Waals surface area (Å²) in [5.74, 6) is 0. The van der Waals surface area contributed by atoms with Gasteiger partial charge < -0.3 is 0 Å². The molecule has 0 bridgehead atoms. The third kappa shape index (κ3) is 3.67. The highest BCUT2D eigenvalue weighted by molar-refractivity contribution is 6.57. The van der Waals surface area contributed by atoms with Crippen LogP contribution >= 0.6 is 0 Å². The fraction of sp³-hybridized carbons (Fsp3) is 0.857.